The molecule has 0 rings (SSSR count). The SMILES string of the molecule is CCCC[C@H](O)CCCCCCCCCC(=O)O. The van der Waals surface area contributed by atoms with Crippen LogP contribution in [0.4, 0.5) is 0 Å². The van der Waals surface area contributed by atoms with Gasteiger partial charge in [-0.15, -0.1) is 0 Å². The van der Waals surface area contributed by atoms with E-state index in [0.29, 0.717) is 6.42 Å². The Labute approximate surface area is 112 Å². The molecule has 1 atom stereocenters. The molecule has 0 saturated carbocycles. The number of carboxylic acids is 1. The zero-order chi connectivity index (χ0) is 13.6. The van der Waals surface area contributed by atoms with Gasteiger partial charge in [0, 0.05) is 6.42 Å². The summed E-state index contributed by atoms with van der Waals surface area (Å²) in [7, 11) is 0. The molecule has 0 radical (unpaired) electrons. The van der Waals surface area contributed by atoms with Crippen LogP contribution in [0.25, 0.3) is 0 Å². The predicted molar refractivity (Wildman–Crippen MR) is 74.7 cm³/mol. The maximum Gasteiger partial charge on any atom is 0.303 e. The van der Waals surface area contributed by atoms with E-state index in [0.717, 1.165) is 51.4 Å². The van der Waals surface area contributed by atoms with Gasteiger partial charge >= 0.3 is 5.97 Å². The van der Waals surface area contributed by atoms with Gasteiger partial charge in [0.1, 0.15) is 0 Å². The molecular weight excluding hydrogens is 228 g/mol. The van der Waals surface area contributed by atoms with Gasteiger partial charge in [-0.3, -0.25) is 4.79 Å². The first-order chi connectivity index (χ1) is 8.66. The molecule has 0 aliphatic rings. The molecule has 0 unspecified atom stereocenters. The van der Waals surface area contributed by atoms with Crippen molar-refractivity contribution in [2.24, 2.45) is 0 Å². The minimum absolute atomic E-state index is 0.0967. The van der Waals surface area contributed by atoms with Crippen LogP contribution in [0, 0.1) is 0 Å². The van der Waals surface area contributed by atoms with Crippen molar-refractivity contribution in [1.29, 1.82) is 0 Å². The lowest BCUT2D eigenvalue weighted by Gasteiger charge is -2.09. The summed E-state index contributed by atoms with van der Waals surface area (Å²) in [6, 6.07) is 0. The molecule has 3 nitrogen and oxygen atoms in total. The van der Waals surface area contributed by atoms with Crippen LogP contribution in [-0.4, -0.2) is 22.3 Å². The number of carbonyl (C=O) groups is 1. The van der Waals surface area contributed by atoms with Crippen LogP contribution < -0.4 is 0 Å². The predicted octanol–water partition coefficient (Wildman–Crippen LogP) is 4.13. The minimum Gasteiger partial charge on any atom is -0.481 e. The second-order valence-corrected chi connectivity index (χ2v) is 5.20. The first-order valence-corrected chi connectivity index (χ1v) is 7.56. The van der Waals surface area contributed by atoms with Crippen molar-refractivity contribution < 1.29 is 15.0 Å². The van der Waals surface area contributed by atoms with Crippen LogP contribution in [0.3, 0.4) is 0 Å². The van der Waals surface area contributed by atoms with E-state index in [2.05, 4.69) is 6.92 Å². The number of aliphatic hydroxyl groups excluding tert-OH is 1. The Kier molecular flexibility index (Phi) is 12.5. The highest BCUT2D eigenvalue weighted by Gasteiger charge is 2.02. The third-order valence-electron chi connectivity index (χ3n) is 3.32. The van der Waals surface area contributed by atoms with E-state index in [1.165, 1.54) is 19.3 Å². The lowest BCUT2D eigenvalue weighted by Crippen LogP contribution is -2.05. The quantitative estimate of drug-likeness (QED) is 0.488. The Morgan fingerprint density at radius 2 is 1.39 bits per heavy atom. The molecule has 0 heterocycles. The highest BCUT2D eigenvalue weighted by molar-refractivity contribution is 5.66. The standard InChI is InChI=1S/C15H30O3/c1-2-3-11-14(16)12-9-7-5-4-6-8-10-13-15(17)18/h14,16H,2-13H2,1H3,(H,17,18)/t14-/m0/s1. The van der Waals surface area contributed by atoms with Crippen molar-refractivity contribution in [3.63, 3.8) is 0 Å². The van der Waals surface area contributed by atoms with Crippen molar-refractivity contribution in [3.05, 3.63) is 0 Å². The van der Waals surface area contributed by atoms with E-state index in [9.17, 15) is 9.90 Å². The van der Waals surface area contributed by atoms with Crippen LogP contribution in [0.1, 0.15) is 84.0 Å². The van der Waals surface area contributed by atoms with Crippen molar-refractivity contribution in [1.82, 2.24) is 0 Å². The molecule has 0 aromatic rings. The summed E-state index contributed by atoms with van der Waals surface area (Å²) in [5.41, 5.74) is 0. The highest BCUT2D eigenvalue weighted by Crippen LogP contribution is 2.12. The van der Waals surface area contributed by atoms with Gasteiger partial charge in [0.05, 0.1) is 6.10 Å². The summed E-state index contributed by atoms with van der Waals surface area (Å²) in [5, 5.41) is 18.1. The fourth-order valence-electron chi connectivity index (χ4n) is 2.12. The van der Waals surface area contributed by atoms with Crippen LogP contribution in [-0.2, 0) is 4.79 Å². The highest BCUT2D eigenvalue weighted by atomic mass is 16.4. The average molecular weight is 258 g/mol. The topological polar surface area (TPSA) is 57.5 Å². The molecule has 0 fully saturated rings. The smallest absolute Gasteiger partial charge is 0.303 e. The Balaban J connectivity index is 3.09. The maximum absolute atomic E-state index is 10.3. The van der Waals surface area contributed by atoms with E-state index in [-0.39, 0.29) is 6.10 Å². The molecule has 2 N–H and O–H groups in total. The number of aliphatic hydroxyl groups is 1. The lowest BCUT2D eigenvalue weighted by atomic mass is 10.0. The fraction of sp³-hybridized carbons (Fsp3) is 0.933. The molecule has 0 spiro atoms. The van der Waals surface area contributed by atoms with Gasteiger partial charge in [-0.25, -0.2) is 0 Å². The van der Waals surface area contributed by atoms with Crippen molar-refractivity contribution >= 4 is 5.97 Å². The summed E-state index contributed by atoms with van der Waals surface area (Å²) in [5.74, 6) is -0.684. The number of unbranched alkanes of at least 4 members (excludes halogenated alkanes) is 7. The van der Waals surface area contributed by atoms with E-state index < -0.39 is 5.97 Å². The van der Waals surface area contributed by atoms with Crippen LogP contribution >= 0.6 is 0 Å². The molecule has 3 heteroatoms. The Bertz CT molecular complexity index is 192. The summed E-state index contributed by atoms with van der Waals surface area (Å²) in [6.45, 7) is 2.15. The average Bonchev–Trinajstić information content (AvgIpc) is 2.34. The normalized spacial score (nSPS) is 12.6. The van der Waals surface area contributed by atoms with Crippen LogP contribution in [0.2, 0.25) is 0 Å². The van der Waals surface area contributed by atoms with E-state index in [1.807, 2.05) is 0 Å². The second-order valence-electron chi connectivity index (χ2n) is 5.20. The van der Waals surface area contributed by atoms with E-state index in [1.54, 1.807) is 0 Å². The van der Waals surface area contributed by atoms with Gasteiger partial charge in [-0.05, 0) is 19.3 Å². The van der Waals surface area contributed by atoms with Crippen molar-refractivity contribution in [3.8, 4) is 0 Å². The van der Waals surface area contributed by atoms with Crippen LogP contribution in [0.5, 0.6) is 0 Å². The summed E-state index contributed by atoms with van der Waals surface area (Å²) in [6.07, 6.45) is 12.1. The Hall–Kier alpha value is -0.570. The molecule has 0 amide bonds. The fourth-order valence-corrected chi connectivity index (χ4v) is 2.12. The molecule has 0 aliphatic carbocycles. The third-order valence-corrected chi connectivity index (χ3v) is 3.32. The van der Waals surface area contributed by atoms with E-state index in [4.69, 9.17) is 5.11 Å². The first kappa shape index (κ1) is 17.4. The van der Waals surface area contributed by atoms with Gasteiger partial charge in [-0.2, -0.15) is 0 Å². The number of carboxylic acid groups (broad SMARTS) is 1. The second kappa shape index (κ2) is 12.9. The van der Waals surface area contributed by atoms with Gasteiger partial charge in [0.2, 0.25) is 0 Å². The monoisotopic (exact) mass is 258 g/mol. The molecule has 0 aromatic heterocycles. The first-order valence-electron chi connectivity index (χ1n) is 7.56. The van der Waals surface area contributed by atoms with Gasteiger partial charge in [0.15, 0.2) is 0 Å². The lowest BCUT2D eigenvalue weighted by molar-refractivity contribution is -0.137. The maximum atomic E-state index is 10.3. The Morgan fingerprint density at radius 1 is 0.889 bits per heavy atom. The Morgan fingerprint density at radius 3 is 1.94 bits per heavy atom. The number of hydrogen-bond donors (Lipinski definition) is 2. The third kappa shape index (κ3) is 13.5. The molecule has 0 bridgehead atoms. The van der Waals surface area contributed by atoms with Gasteiger partial charge < -0.3 is 10.2 Å². The summed E-state index contributed by atoms with van der Waals surface area (Å²) >= 11 is 0. The number of rotatable bonds is 13. The number of hydrogen-bond acceptors (Lipinski definition) is 2. The molecular formula is C15H30O3. The minimum atomic E-state index is -0.684. The summed E-state index contributed by atoms with van der Waals surface area (Å²) in [4.78, 5) is 10.3. The van der Waals surface area contributed by atoms with Crippen LogP contribution in [0.15, 0.2) is 0 Å². The molecule has 0 aliphatic heterocycles. The zero-order valence-corrected chi connectivity index (χ0v) is 11.9. The zero-order valence-electron chi connectivity index (χ0n) is 11.9. The van der Waals surface area contributed by atoms with Crippen molar-refractivity contribution in [2.75, 3.05) is 0 Å². The molecule has 18 heavy (non-hydrogen) atoms. The van der Waals surface area contributed by atoms with Crippen molar-refractivity contribution in [2.45, 2.75) is 90.1 Å². The van der Waals surface area contributed by atoms with Gasteiger partial charge in [-0.1, -0.05) is 58.3 Å². The summed E-state index contributed by atoms with van der Waals surface area (Å²) < 4.78 is 0. The number of aliphatic carboxylic acids is 1. The molecule has 0 saturated heterocycles. The largest absolute Gasteiger partial charge is 0.481 e. The van der Waals surface area contributed by atoms with Gasteiger partial charge in [0.25, 0.3) is 0 Å². The molecule has 108 valence electrons. The van der Waals surface area contributed by atoms with E-state index >= 15 is 0 Å². The molecule has 0 aromatic carbocycles.